The summed E-state index contributed by atoms with van der Waals surface area (Å²) < 4.78 is 45.3. The third kappa shape index (κ3) is 31.8. The van der Waals surface area contributed by atoms with Crippen LogP contribution in [0.5, 0.6) is 0 Å². The molecule has 0 N–H and O–H groups in total. The van der Waals surface area contributed by atoms with E-state index in [-0.39, 0.29) is 62.5 Å². The molecule has 0 aliphatic heterocycles. The van der Waals surface area contributed by atoms with Gasteiger partial charge in [-0.25, -0.2) is 18.0 Å². The van der Waals surface area contributed by atoms with E-state index in [1.807, 2.05) is 0 Å². The molecular formula is C46H77KO7S. The third-order valence-electron chi connectivity index (χ3n) is 10.2. The maximum Gasteiger partial charge on any atom is 1.00 e. The van der Waals surface area contributed by atoms with Crippen LogP contribution in [0.3, 0.4) is 0 Å². The number of allylic oxidation sites excluding steroid dienone is 2. The smallest absolute Gasteiger partial charge is 0.744 e. The molecule has 0 amide bonds. The van der Waals surface area contributed by atoms with Crippen molar-refractivity contribution in [1.29, 1.82) is 0 Å². The molecule has 55 heavy (non-hydrogen) atoms. The first-order chi connectivity index (χ1) is 26.3. The average Bonchev–Trinajstić information content (AvgIpc) is 3.16. The second kappa shape index (κ2) is 38.7. The first kappa shape index (κ1) is 54.2. The van der Waals surface area contributed by atoms with E-state index in [2.05, 4.69) is 13.8 Å². The van der Waals surface area contributed by atoms with Crippen molar-refractivity contribution in [1.82, 2.24) is 0 Å². The fourth-order valence-corrected chi connectivity index (χ4v) is 7.27. The van der Waals surface area contributed by atoms with Gasteiger partial charge in [0.25, 0.3) is 0 Å². The Morgan fingerprint density at radius 3 is 1.09 bits per heavy atom. The summed E-state index contributed by atoms with van der Waals surface area (Å²) in [5.41, 5.74) is -0.496. The zero-order valence-corrected chi connectivity index (χ0v) is 39.4. The second-order valence-electron chi connectivity index (χ2n) is 15.2. The predicted molar refractivity (Wildman–Crippen MR) is 223 cm³/mol. The van der Waals surface area contributed by atoms with Crippen LogP contribution in [0.4, 0.5) is 0 Å². The van der Waals surface area contributed by atoms with Crippen molar-refractivity contribution in [3.8, 4) is 0 Å². The van der Waals surface area contributed by atoms with Gasteiger partial charge < -0.3 is 14.0 Å². The van der Waals surface area contributed by atoms with E-state index in [0.717, 1.165) is 56.7 Å². The van der Waals surface area contributed by atoms with Crippen LogP contribution >= 0.6 is 0 Å². The minimum Gasteiger partial charge on any atom is -0.744 e. The van der Waals surface area contributed by atoms with Crippen LogP contribution in [0.2, 0.25) is 0 Å². The van der Waals surface area contributed by atoms with E-state index < -0.39 is 27.0 Å². The van der Waals surface area contributed by atoms with Crippen LogP contribution < -0.4 is 51.4 Å². The Morgan fingerprint density at radius 1 is 0.491 bits per heavy atom. The Balaban J connectivity index is 0.0000292. The summed E-state index contributed by atoms with van der Waals surface area (Å²) in [6.45, 7) is 4.52. The van der Waals surface area contributed by atoms with Gasteiger partial charge in [0.15, 0.2) is 0 Å². The van der Waals surface area contributed by atoms with Gasteiger partial charge in [-0.2, -0.15) is 0 Å². The molecule has 0 aliphatic rings. The van der Waals surface area contributed by atoms with Crippen molar-refractivity contribution in [3.05, 3.63) is 54.0 Å². The minimum absolute atomic E-state index is 0. The second-order valence-corrected chi connectivity index (χ2v) is 16.6. The number of carbonyl (C=O) groups is 2. The standard InChI is InChI=1S/C46H78O7S.K/c1-3-5-7-9-11-13-15-17-19-21-23-25-27-29-31-33-35-39-52-45(47)43-38-37-42(54(49,50)51)41-44(43)46(48)53-40-36-34-32-30-28-26-24-22-20-18-16-14-12-10-8-6-4-2;/h35-41H,3-34H2,1-2H3,(H,49,50,51);/q;+1/p-1/b39-35+,40-36+;. The third-order valence-corrected chi connectivity index (χ3v) is 11.0. The number of unbranched alkanes of at least 4 members (excludes halogenated alkanes) is 30. The van der Waals surface area contributed by atoms with Crippen LogP contribution in [0.25, 0.3) is 0 Å². The van der Waals surface area contributed by atoms with E-state index >= 15 is 0 Å². The minimum atomic E-state index is -4.84. The molecule has 0 unspecified atom stereocenters. The molecular weight excluding hydrogens is 736 g/mol. The molecule has 1 aromatic carbocycles. The van der Waals surface area contributed by atoms with Crippen molar-refractivity contribution < 1.29 is 83.4 Å². The van der Waals surface area contributed by atoms with E-state index in [4.69, 9.17) is 9.47 Å². The number of rotatable bonds is 37. The molecule has 0 radical (unpaired) electrons. The molecule has 9 heteroatoms. The van der Waals surface area contributed by atoms with Crippen molar-refractivity contribution in [2.45, 2.75) is 224 Å². The first-order valence-electron chi connectivity index (χ1n) is 22.1. The summed E-state index contributed by atoms with van der Waals surface area (Å²) in [6.07, 6.45) is 46.4. The molecule has 0 saturated heterocycles. The van der Waals surface area contributed by atoms with Crippen LogP contribution in [-0.2, 0) is 19.6 Å². The number of hydrogen-bond acceptors (Lipinski definition) is 7. The Hall–Kier alpha value is -0.814. The molecule has 0 fully saturated rings. The monoisotopic (exact) mass is 813 g/mol. The van der Waals surface area contributed by atoms with Gasteiger partial charge >= 0.3 is 63.3 Å². The number of esters is 2. The predicted octanol–water partition coefficient (Wildman–Crippen LogP) is 11.5. The van der Waals surface area contributed by atoms with E-state index in [1.165, 1.54) is 179 Å². The van der Waals surface area contributed by atoms with Gasteiger partial charge in [-0.05, 0) is 56.0 Å². The summed E-state index contributed by atoms with van der Waals surface area (Å²) >= 11 is 0. The van der Waals surface area contributed by atoms with Gasteiger partial charge in [0.1, 0.15) is 10.1 Å². The Labute approximate surface area is 380 Å². The molecule has 0 saturated carbocycles. The van der Waals surface area contributed by atoms with Crippen LogP contribution in [0.15, 0.2) is 47.8 Å². The van der Waals surface area contributed by atoms with Gasteiger partial charge in [-0.15, -0.1) is 0 Å². The molecule has 1 aromatic rings. The average molecular weight is 813 g/mol. The fourth-order valence-electron chi connectivity index (χ4n) is 6.78. The zero-order valence-electron chi connectivity index (χ0n) is 35.4. The van der Waals surface area contributed by atoms with Crippen molar-refractivity contribution >= 4 is 22.1 Å². The molecule has 1 rings (SSSR count). The van der Waals surface area contributed by atoms with E-state index in [1.54, 1.807) is 12.2 Å². The van der Waals surface area contributed by atoms with Gasteiger partial charge in [0.05, 0.1) is 28.5 Å². The molecule has 7 nitrogen and oxygen atoms in total. The van der Waals surface area contributed by atoms with Crippen LogP contribution in [0.1, 0.15) is 240 Å². The van der Waals surface area contributed by atoms with Crippen molar-refractivity contribution in [2.24, 2.45) is 0 Å². The van der Waals surface area contributed by atoms with Crippen molar-refractivity contribution in [2.75, 3.05) is 0 Å². The molecule has 310 valence electrons. The Bertz CT molecular complexity index is 1240. The van der Waals surface area contributed by atoms with E-state index in [9.17, 15) is 22.6 Å². The summed E-state index contributed by atoms with van der Waals surface area (Å²) in [6, 6.07) is 3.00. The summed E-state index contributed by atoms with van der Waals surface area (Å²) in [5, 5.41) is 0. The number of ether oxygens (including phenoxy) is 2. The van der Waals surface area contributed by atoms with Gasteiger partial charge in [-0.3, -0.25) is 0 Å². The van der Waals surface area contributed by atoms with Gasteiger partial charge in [0.2, 0.25) is 0 Å². The summed E-state index contributed by atoms with van der Waals surface area (Å²) in [5.74, 6) is -1.76. The zero-order chi connectivity index (χ0) is 39.4. The molecule has 0 aromatic heterocycles. The molecule has 0 spiro atoms. The molecule has 0 aliphatic carbocycles. The topological polar surface area (TPSA) is 110 Å². The van der Waals surface area contributed by atoms with Gasteiger partial charge in [-0.1, -0.05) is 194 Å². The Morgan fingerprint density at radius 2 is 0.782 bits per heavy atom. The number of hydrogen-bond donors (Lipinski definition) is 0. The number of benzene rings is 1. The summed E-state index contributed by atoms with van der Waals surface area (Å²) in [7, 11) is -4.84. The van der Waals surface area contributed by atoms with Crippen molar-refractivity contribution in [3.63, 3.8) is 0 Å². The maximum absolute atomic E-state index is 12.9. The molecule has 0 heterocycles. The van der Waals surface area contributed by atoms with Gasteiger partial charge in [0, 0.05) is 0 Å². The van der Waals surface area contributed by atoms with E-state index in [0.29, 0.717) is 0 Å². The maximum atomic E-state index is 12.9. The fraction of sp³-hybridized carbons (Fsp3) is 0.739. The van der Waals surface area contributed by atoms with Crippen LogP contribution in [0, 0.1) is 0 Å². The van der Waals surface area contributed by atoms with Crippen LogP contribution in [-0.4, -0.2) is 24.9 Å². The Kier molecular flexibility index (Phi) is 38.1. The summed E-state index contributed by atoms with van der Waals surface area (Å²) in [4.78, 5) is 25.1. The largest absolute Gasteiger partial charge is 1.00 e. The molecule has 0 bridgehead atoms. The SMILES string of the molecule is CCCCCCCCCCCCCCCCC/C=C/OC(=O)c1ccc(S(=O)(=O)[O-])cc1C(=O)O/C=C/CCCCCCCCCCCCCCCCC.[K+]. The normalized spacial score (nSPS) is 11.7. The number of carbonyl (C=O) groups excluding carboxylic acids is 2. The quantitative estimate of drug-likeness (QED) is 0.0216. The molecule has 0 atom stereocenters. The first-order valence-corrected chi connectivity index (χ1v) is 23.5.